The lowest BCUT2D eigenvalue weighted by atomic mass is 10.1. The van der Waals surface area contributed by atoms with Crippen LogP contribution >= 0.6 is 11.6 Å². The van der Waals surface area contributed by atoms with Crippen molar-refractivity contribution in [3.8, 4) is 5.75 Å². The molecule has 7 heteroatoms. The lowest BCUT2D eigenvalue weighted by molar-refractivity contribution is 0.280. The molecule has 0 saturated carbocycles. The first-order chi connectivity index (χ1) is 8.78. The van der Waals surface area contributed by atoms with Gasteiger partial charge in [0.2, 0.25) is 10.0 Å². The van der Waals surface area contributed by atoms with E-state index in [1.807, 2.05) is 6.92 Å². The fourth-order valence-corrected chi connectivity index (χ4v) is 2.30. The number of rotatable bonds is 7. The predicted octanol–water partition coefficient (Wildman–Crippen LogP) is 2.56. The van der Waals surface area contributed by atoms with Gasteiger partial charge in [0.15, 0.2) is 0 Å². The highest BCUT2D eigenvalue weighted by molar-refractivity contribution is 7.89. The molecule has 0 amide bonds. The van der Waals surface area contributed by atoms with Crippen molar-refractivity contribution in [2.75, 3.05) is 12.4 Å². The molecule has 2 N–H and O–H groups in total. The summed E-state index contributed by atoms with van der Waals surface area (Å²) in [6, 6.07) is 4.23. The Labute approximate surface area is 117 Å². The van der Waals surface area contributed by atoms with E-state index in [4.69, 9.17) is 21.5 Å². The van der Waals surface area contributed by atoms with Gasteiger partial charge in [-0.2, -0.15) is 0 Å². The highest BCUT2D eigenvalue weighted by atomic mass is 35.5. The van der Waals surface area contributed by atoms with Crippen LogP contribution in [-0.2, 0) is 10.0 Å². The van der Waals surface area contributed by atoms with Crippen LogP contribution in [0, 0.1) is 11.7 Å². The van der Waals surface area contributed by atoms with Gasteiger partial charge < -0.3 is 4.74 Å². The van der Waals surface area contributed by atoms with Crippen molar-refractivity contribution < 1.29 is 17.5 Å². The van der Waals surface area contributed by atoms with E-state index in [0.29, 0.717) is 25.2 Å². The Morgan fingerprint density at radius 3 is 2.68 bits per heavy atom. The molecule has 1 aromatic carbocycles. The van der Waals surface area contributed by atoms with Gasteiger partial charge in [-0.15, -0.1) is 0 Å². The van der Waals surface area contributed by atoms with E-state index >= 15 is 0 Å². The molecule has 0 aliphatic carbocycles. The second kappa shape index (κ2) is 7.07. The summed E-state index contributed by atoms with van der Waals surface area (Å²) in [6.45, 7) is 2.30. The summed E-state index contributed by atoms with van der Waals surface area (Å²) in [5, 5.41) is 4.97. The minimum absolute atomic E-state index is 0.0380. The summed E-state index contributed by atoms with van der Waals surface area (Å²) < 4.78 is 40.1. The Bertz CT molecular complexity index is 522. The second-order valence-electron chi connectivity index (χ2n) is 4.47. The highest BCUT2D eigenvalue weighted by Crippen LogP contribution is 2.21. The van der Waals surface area contributed by atoms with Gasteiger partial charge in [0.1, 0.15) is 11.6 Å². The maximum atomic E-state index is 13.1. The summed E-state index contributed by atoms with van der Waals surface area (Å²) in [7, 11) is -3.41. The fourth-order valence-electron chi connectivity index (χ4n) is 1.45. The van der Waals surface area contributed by atoms with Crippen LogP contribution in [0.2, 0.25) is 5.02 Å². The number of ether oxygens (including phenoxy) is 1. The number of benzene rings is 1. The van der Waals surface area contributed by atoms with Crippen LogP contribution in [0.4, 0.5) is 4.39 Å². The standard InChI is InChI=1S/C12H17ClFNO3S/c1-9(5-7-19(15,16)17)4-6-18-10-2-3-11(13)12(14)8-10/h2-3,8-9H,4-7H2,1H3,(H2,15,16,17). The number of hydrogen-bond donors (Lipinski definition) is 1. The molecule has 0 spiro atoms. The molecule has 1 rings (SSSR count). The van der Waals surface area contributed by atoms with Crippen LogP contribution in [0.25, 0.3) is 0 Å². The zero-order chi connectivity index (χ0) is 14.5. The molecule has 0 heterocycles. The zero-order valence-electron chi connectivity index (χ0n) is 10.6. The highest BCUT2D eigenvalue weighted by Gasteiger charge is 2.09. The third-order valence-electron chi connectivity index (χ3n) is 2.67. The van der Waals surface area contributed by atoms with Crippen molar-refractivity contribution in [2.24, 2.45) is 11.1 Å². The SMILES string of the molecule is CC(CCOc1ccc(Cl)c(F)c1)CCS(N)(=O)=O. The Morgan fingerprint density at radius 1 is 1.42 bits per heavy atom. The maximum Gasteiger partial charge on any atom is 0.209 e. The molecule has 0 aliphatic heterocycles. The van der Waals surface area contributed by atoms with Gasteiger partial charge in [0.25, 0.3) is 0 Å². The molecule has 1 atom stereocenters. The third kappa shape index (κ3) is 6.75. The Morgan fingerprint density at radius 2 is 2.11 bits per heavy atom. The molecule has 1 unspecified atom stereocenters. The molecule has 0 saturated heterocycles. The Kier molecular flexibility index (Phi) is 6.03. The molecule has 0 fully saturated rings. The Hall–Kier alpha value is -0.850. The fraction of sp³-hybridized carbons (Fsp3) is 0.500. The number of hydrogen-bond acceptors (Lipinski definition) is 3. The van der Waals surface area contributed by atoms with E-state index < -0.39 is 15.8 Å². The largest absolute Gasteiger partial charge is 0.493 e. The van der Waals surface area contributed by atoms with Crippen molar-refractivity contribution in [2.45, 2.75) is 19.8 Å². The first-order valence-corrected chi connectivity index (χ1v) is 7.95. The summed E-state index contributed by atoms with van der Waals surface area (Å²) in [4.78, 5) is 0. The topological polar surface area (TPSA) is 69.4 Å². The summed E-state index contributed by atoms with van der Waals surface area (Å²) in [6.07, 6.45) is 1.15. The first kappa shape index (κ1) is 16.2. The minimum atomic E-state index is -3.41. The van der Waals surface area contributed by atoms with E-state index in [1.54, 1.807) is 6.07 Å². The lowest BCUT2D eigenvalue weighted by Crippen LogP contribution is -2.18. The van der Waals surface area contributed by atoms with E-state index in [-0.39, 0.29) is 16.7 Å². The van der Waals surface area contributed by atoms with Gasteiger partial charge in [0.05, 0.1) is 17.4 Å². The van der Waals surface area contributed by atoms with Crippen LogP contribution < -0.4 is 9.88 Å². The van der Waals surface area contributed by atoms with Crippen molar-refractivity contribution in [3.63, 3.8) is 0 Å². The van der Waals surface area contributed by atoms with Crippen LogP contribution in [0.15, 0.2) is 18.2 Å². The van der Waals surface area contributed by atoms with Gasteiger partial charge in [-0.1, -0.05) is 18.5 Å². The first-order valence-electron chi connectivity index (χ1n) is 5.86. The van der Waals surface area contributed by atoms with Gasteiger partial charge in [-0.05, 0) is 30.9 Å². The zero-order valence-corrected chi connectivity index (χ0v) is 12.2. The summed E-state index contributed by atoms with van der Waals surface area (Å²) in [5.74, 6) is 0.00136. The molecule has 0 bridgehead atoms. The van der Waals surface area contributed by atoms with E-state index in [0.717, 1.165) is 0 Å². The van der Waals surface area contributed by atoms with E-state index in [9.17, 15) is 12.8 Å². The van der Waals surface area contributed by atoms with Crippen molar-refractivity contribution in [1.29, 1.82) is 0 Å². The number of primary sulfonamides is 1. The van der Waals surface area contributed by atoms with Crippen molar-refractivity contribution in [3.05, 3.63) is 29.0 Å². The van der Waals surface area contributed by atoms with Gasteiger partial charge in [-0.3, -0.25) is 0 Å². The van der Waals surface area contributed by atoms with Crippen molar-refractivity contribution >= 4 is 21.6 Å². The van der Waals surface area contributed by atoms with Gasteiger partial charge in [-0.25, -0.2) is 17.9 Å². The maximum absolute atomic E-state index is 13.1. The van der Waals surface area contributed by atoms with Crippen molar-refractivity contribution in [1.82, 2.24) is 0 Å². The van der Waals surface area contributed by atoms with Gasteiger partial charge >= 0.3 is 0 Å². The molecule has 0 radical (unpaired) electrons. The van der Waals surface area contributed by atoms with Crippen LogP contribution in [0.1, 0.15) is 19.8 Å². The molecule has 19 heavy (non-hydrogen) atoms. The lowest BCUT2D eigenvalue weighted by Gasteiger charge is -2.11. The molecule has 4 nitrogen and oxygen atoms in total. The third-order valence-corrected chi connectivity index (χ3v) is 3.78. The average Bonchev–Trinajstić information content (AvgIpc) is 2.30. The normalized spacial score (nSPS) is 13.3. The second-order valence-corrected chi connectivity index (χ2v) is 6.62. The molecule has 0 aromatic heterocycles. The van der Waals surface area contributed by atoms with Crippen LogP contribution in [-0.4, -0.2) is 20.8 Å². The molecule has 1 aromatic rings. The number of nitrogens with two attached hydrogens (primary N) is 1. The average molecular weight is 310 g/mol. The quantitative estimate of drug-likeness (QED) is 0.841. The molecule has 108 valence electrons. The van der Waals surface area contributed by atoms with Crippen LogP contribution in [0.3, 0.4) is 0 Å². The minimum Gasteiger partial charge on any atom is -0.493 e. The van der Waals surface area contributed by atoms with Crippen LogP contribution in [0.5, 0.6) is 5.75 Å². The monoisotopic (exact) mass is 309 g/mol. The van der Waals surface area contributed by atoms with E-state index in [2.05, 4.69) is 0 Å². The summed E-state index contributed by atoms with van der Waals surface area (Å²) in [5.41, 5.74) is 0. The summed E-state index contributed by atoms with van der Waals surface area (Å²) >= 11 is 5.55. The Balaban J connectivity index is 2.31. The molecular weight excluding hydrogens is 293 g/mol. The van der Waals surface area contributed by atoms with Gasteiger partial charge in [0, 0.05) is 6.07 Å². The number of halogens is 2. The predicted molar refractivity (Wildman–Crippen MR) is 73.3 cm³/mol. The molecule has 0 aliphatic rings. The number of sulfonamides is 1. The smallest absolute Gasteiger partial charge is 0.209 e. The van der Waals surface area contributed by atoms with E-state index in [1.165, 1.54) is 12.1 Å². The molecular formula is C12H17ClFNO3S.